The average Bonchev–Trinajstić information content (AvgIpc) is 2.07. The Morgan fingerprint density at radius 2 is 2.12 bits per heavy atom. The summed E-state index contributed by atoms with van der Waals surface area (Å²) in [6.45, 7) is 1.31. The van der Waals surface area contributed by atoms with Crippen molar-refractivity contribution in [1.82, 2.24) is 4.98 Å². The maximum absolute atomic E-state index is 11.9. The predicted molar refractivity (Wildman–Crippen MR) is 45.9 cm³/mol. The van der Waals surface area contributed by atoms with E-state index in [-0.39, 0.29) is 11.4 Å². The summed E-state index contributed by atoms with van der Waals surface area (Å²) >= 11 is 0. The first kappa shape index (κ1) is 12.1. The first-order valence-corrected chi connectivity index (χ1v) is 3.97. The van der Waals surface area contributed by atoms with E-state index < -0.39 is 18.2 Å². The number of carbonyl (C=O) groups is 1. The van der Waals surface area contributed by atoms with E-state index in [2.05, 4.69) is 20.2 Å². The molecule has 0 aliphatic rings. The standard InChI is InChI=1S/C8H7F3N2O3/c1-4-6(16-8(9,10)11)2-5(3-13-4)15-7(12)14/h2-3H,1H3,(H2,12,14). The lowest BCUT2D eigenvalue weighted by Crippen LogP contribution is -2.19. The molecule has 2 N–H and O–H groups in total. The number of hydrogen-bond acceptors (Lipinski definition) is 4. The number of pyridine rings is 1. The summed E-state index contributed by atoms with van der Waals surface area (Å²) in [5, 5.41) is 0. The van der Waals surface area contributed by atoms with Crippen LogP contribution in [0.25, 0.3) is 0 Å². The number of alkyl halides is 3. The number of aromatic nitrogens is 1. The summed E-state index contributed by atoms with van der Waals surface area (Å²) in [5.41, 5.74) is 4.70. The highest BCUT2D eigenvalue weighted by Crippen LogP contribution is 2.27. The van der Waals surface area contributed by atoms with Crippen molar-refractivity contribution in [3.05, 3.63) is 18.0 Å². The van der Waals surface area contributed by atoms with Gasteiger partial charge in [-0.15, -0.1) is 13.2 Å². The Morgan fingerprint density at radius 1 is 1.50 bits per heavy atom. The van der Waals surface area contributed by atoms with Gasteiger partial charge < -0.3 is 15.2 Å². The average molecular weight is 236 g/mol. The molecule has 0 aromatic carbocycles. The van der Waals surface area contributed by atoms with E-state index in [1.54, 1.807) is 0 Å². The molecule has 0 spiro atoms. The molecule has 1 rings (SSSR count). The van der Waals surface area contributed by atoms with Gasteiger partial charge in [-0.3, -0.25) is 4.98 Å². The lowest BCUT2D eigenvalue weighted by Gasteiger charge is -2.11. The number of nitrogens with two attached hydrogens (primary N) is 1. The Kier molecular flexibility index (Phi) is 3.21. The topological polar surface area (TPSA) is 74.4 Å². The van der Waals surface area contributed by atoms with Crippen molar-refractivity contribution in [3.8, 4) is 11.5 Å². The number of carbonyl (C=O) groups excluding carboxylic acids is 1. The summed E-state index contributed by atoms with van der Waals surface area (Å²) in [4.78, 5) is 13.9. The summed E-state index contributed by atoms with van der Waals surface area (Å²) in [6, 6.07) is 0.876. The van der Waals surface area contributed by atoms with Crippen LogP contribution in [0.2, 0.25) is 0 Å². The molecule has 0 fully saturated rings. The van der Waals surface area contributed by atoms with Crippen LogP contribution >= 0.6 is 0 Å². The van der Waals surface area contributed by atoms with Gasteiger partial charge in [-0.05, 0) is 6.92 Å². The molecule has 0 bridgehead atoms. The smallest absolute Gasteiger partial charge is 0.409 e. The first-order valence-electron chi connectivity index (χ1n) is 3.97. The minimum atomic E-state index is -4.84. The van der Waals surface area contributed by atoms with Gasteiger partial charge in [-0.1, -0.05) is 0 Å². The molecule has 8 heteroatoms. The summed E-state index contributed by atoms with van der Waals surface area (Å²) in [6.07, 6.45) is -4.93. The minimum absolute atomic E-state index is 0.00847. The molecular weight excluding hydrogens is 229 g/mol. The van der Waals surface area contributed by atoms with Crippen LogP contribution in [0, 0.1) is 6.92 Å². The quantitative estimate of drug-likeness (QED) is 0.848. The molecule has 5 nitrogen and oxygen atoms in total. The van der Waals surface area contributed by atoms with Gasteiger partial charge in [-0.2, -0.15) is 0 Å². The van der Waals surface area contributed by atoms with Gasteiger partial charge >= 0.3 is 12.5 Å². The monoisotopic (exact) mass is 236 g/mol. The zero-order chi connectivity index (χ0) is 12.3. The molecule has 1 aromatic rings. The van der Waals surface area contributed by atoms with Crippen molar-refractivity contribution in [2.45, 2.75) is 13.3 Å². The third-order valence-corrected chi connectivity index (χ3v) is 1.46. The molecule has 1 heterocycles. The molecule has 1 amide bonds. The highest BCUT2D eigenvalue weighted by molar-refractivity contribution is 5.68. The Morgan fingerprint density at radius 3 is 2.62 bits per heavy atom. The zero-order valence-corrected chi connectivity index (χ0v) is 8.04. The van der Waals surface area contributed by atoms with E-state index in [1.165, 1.54) is 6.92 Å². The molecule has 0 atom stereocenters. The van der Waals surface area contributed by atoms with E-state index in [1.807, 2.05) is 0 Å². The summed E-state index contributed by atoms with van der Waals surface area (Å²) in [5.74, 6) is -0.774. The second-order valence-electron chi connectivity index (χ2n) is 2.72. The van der Waals surface area contributed by atoms with Gasteiger partial charge in [0.1, 0.15) is 0 Å². The van der Waals surface area contributed by atoms with Crippen LogP contribution in [0.4, 0.5) is 18.0 Å². The Hall–Kier alpha value is -1.99. The van der Waals surface area contributed by atoms with Crippen molar-refractivity contribution in [2.24, 2.45) is 5.73 Å². The number of hydrogen-bond donors (Lipinski definition) is 1. The lowest BCUT2D eigenvalue weighted by atomic mass is 10.3. The second-order valence-corrected chi connectivity index (χ2v) is 2.72. The van der Waals surface area contributed by atoms with Crippen molar-refractivity contribution in [1.29, 1.82) is 0 Å². The normalized spacial score (nSPS) is 11.0. The predicted octanol–water partition coefficient (Wildman–Crippen LogP) is 1.75. The molecule has 1 aromatic heterocycles. The highest BCUT2D eigenvalue weighted by Gasteiger charge is 2.32. The van der Waals surface area contributed by atoms with Crippen LogP contribution in [0.15, 0.2) is 12.3 Å². The van der Waals surface area contributed by atoms with Gasteiger partial charge in [0.2, 0.25) is 0 Å². The number of nitrogens with zero attached hydrogens (tertiary/aromatic N) is 1. The van der Waals surface area contributed by atoms with E-state index >= 15 is 0 Å². The largest absolute Gasteiger partial charge is 0.573 e. The van der Waals surface area contributed by atoms with Crippen molar-refractivity contribution in [3.63, 3.8) is 0 Å². The molecule has 0 radical (unpaired) electrons. The van der Waals surface area contributed by atoms with Crippen LogP contribution in [-0.4, -0.2) is 17.4 Å². The van der Waals surface area contributed by atoms with Crippen LogP contribution in [-0.2, 0) is 0 Å². The van der Waals surface area contributed by atoms with E-state index in [4.69, 9.17) is 0 Å². The highest BCUT2D eigenvalue weighted by atomic mass is 19.4. The molecule has 16 heavy (non-hydrogen) atoms. The lowest BCUT2D eigenvalue weighted by molar-refractivity contribution is -0.275. The molecular formula is C8H7F3N2O3. The second kappa shape index (κ2) is 4.25. The fraction of sp³-hybridized carbons (Fsp3) is 0.250. The van der Waals surface area contributed by atoms with Crippen LogP contribution in [0.3, 0.4) is 0 Å². The van der Waals surface area contributed by atoms with E-state index in [0.29, 0.717) is 0 Å². The van der Waals surface area contributed by atoms with Gasteiger partial charge in [0, 0.05) is 6.07 Å². The van der Waals surface area contributed by atoms with E-state index in [0.717, 1.165) is 12.3 Å². The maximum Gasteiger partial charge on any atom is 0.573 e. The molecule has 0 saturated heterocycles. The van der Waals surface area contributed by atoms with E-state index in [9.17, 15) is 18.0 Å². The number of aryl methyl sites for hydroxylation is 1. The number of ether oxygens (including phenoxy) is 2. The molecule has 0 saturated carbocycles. The fourth-order valence-electron chi connectivity index (χ4n) is 0.895. The van der Waals surface area contributed by atoms with Crippen LogP contribution in [0.1, 0.15) is 5.69 Å². The van der Waals surface area contributed by atoms with Crippen molar-refractivity contribution in [2.75, 3.05) is 0 Å². The van der Waals surface area contributed by atoms with Crippen molar-refractivity contribution >= 4 is 6.09 Å². The number of halogens is 3. The SMILES string of the molecule is Cc1ncc(OC(N)=O)cc1OC(F)(F)F. The molecule has 0 unspecified atom stereocenters. The minimum Gasteiger partial charge on any atom is -0.409 e. The number of primary amides is 1. The van der Waals surface area contributed by atoms with Crippen molar-refractivity contribution < 1.29 is 27.4 Å². The summed E-state index contributed by atoms with van der Waals surface area (Å²) < 4.78 is 43.8. The molecule has 0 aliphatic carbocycles. The van der Waals surface area contributed by atoms with Crippen LogP contribution < -0.4 is 15.2 Å². The fourth-order valence-corrected chi connectivity index (χ4v) is 0.895. The van der Waals surface area contributed by atoms with Gasteiger partial charge in [0.15, 0.2) is 11.5 Å². The Balaban J connectivity index is 2.95. The molecule has 88 valence electrons. The summed E-state index contributed by atoms with van der Waals surface area (Å²) in [7, 11) is 0. The molecule has 0 aliphatic heterocycles. The zero-order valence-electron chi connectivity index (χ0n) is 8.04. The van der Waals surface area contributed by atoms with Crippen LogP contribution in [0.5, 0.6) is 11.5 Å². The maximum atomic E-state index is 11.9. The van der Waals surface area contributed by atoms with Gasteiger partial charge in [0.05, 0.1) is 11.9 Å². The first-order chi connectivity index (χ1) is 7.28. The van der Waals surface area contributed by atoms with Gasteiger partial charge in [0.25, 0.3) is 0 Å². The third-order valence-electron chi connectivity index (χ3n) is 1.46. The number of amides is 1. The number of rotatable bonds is 2. The Bertz CT molecular complexity index is 406. The third kappa shape index (κ3) is 3.64. The van der Waals surface area contributed by atoms with Gasteiger partial charge in [-0.25, -0.2) is 4.79 Å². The Labute approximate surface area is 88.0 Å².